The standard InChI is InChI=1S/C14H11BrO.C2H4O2/c15-13-11-7-3-1-5-9(11)10-6-2-4-8-12(10)14(13)16;1-2(3)4/h1-8,13-14,16H;1H3,(H,3,4). The summed E-state index contributed by atoms with van der Waals surface area (Å²) in [6.45, 7) is 1.08. The first-order chi connectivity index (χ1) is 9.52. The zero-order valence-electron chi connectivity index (χ0n) is 11.0. The van der Waals surface area contributed by atoms with Gasteiger partial charge in [0.1, 0.15) is 0 Å². The first-order valence-corrected chi connectivity index (χ1v) is 7.14. The van der Waals surface area contributed by atoms with Gasteiger partial charge in [-0.05, 0) is 22.3 Å². The normalized spacial score (nSPS) is 19.1. The number of aliphatic hydroxyl groups excluding tert-OH is 1. The van der Waals surface area contributed by atoms with Crippen LogP contribution in [0.3, 0.4) is 0 Å². The van der Waals surface area contributed by atoms with Gasteiger partial charge in [-0.1, -0.05) is 64.5 Å². The Labute approximate surface area is 126 Å². The largest absolute Gasteiger partial charge is 0.481 e. The molecule has 2 atom stereocenters. The lowest BCUT2D eigenvalue weighted by Gasteiger charge is -2.28. The average molecular weight is 335 g/mol. The molecule has 2 aromatic rings. The Morgan fingerprint density at radius 3 is 1.95 bits per heavy atom. The minimum atomic E-state index is -0.833. The molecule has 3 rings (SSSR count). The molecule has 4 heteroatoms. The molecule has 0 aromatic heterocycles. The van der Waals surface area contributed by atoms with E-state index < -0.39 is 12.1 Å². The molecule has 0 radical (unpaired) electrons. The van der Waals surface area contributed by atoms with Crippen LogP contribution in [0.5, 0.6) is 0 Å². The highest BCUT2D eigenvalue weighted by Gasteiger charge is 2.29. The van der Waals surface area contributed by atoms with E-state index in [-0.39, 0.29) is 4.83 Å². The zero-order chi connectivity index (χ0) is 14.7. The molecule has 0 spiro atoms. The van der Waals surface area contributed by atoms with Crippen LogP contribution in [0.2, 0.25) is 0 Å². The summed E-state index contributed by atoms with van der Waals surface area (Å²) >= 11 is 3.57. The Kier molecular flexibility index (Phi) is 4.57. The molecule has 1 aliphatic rings. The lowest BCUT2D eigenvalue weighted by Crippen LogP contribution is -2.12. The molecule has 1 aliphatic carbocycles. The van der Waals surface area contributed by atoms with Gasteiger partial charge in [0, 0.05) is 6.92 Å². The third kappa shape index (κ3) is 2.92. The van der Waals surface area contributed by atoms with Gasteiger partial charge in [-0.2, -0.15) is 0 Å². The van der Waals surface area contributed by atoms with Crippen LogP contribution in [0.15, 0.2) is 48.5 Å². The van der Waals surface area contributed by atoms with Crippen LogP contribution in [0, 0.1) is 0 Å². The number of aliphatic carboxylic acids is 1. The van der Waals surface area contributed by atoms with Crippen molar-refractivity contribution in [3.8, 4) is 11.1 Å². The summed E-state index contributed by atoms with van der Waals surface area (Å²) in [5.74, 6) is -0.833. The van der Waals surface area contributed by atoms with Crippen molar-refractivity contribution in [2.45, 2.75) is 17.9 Å². The van der Waals surface area contributed by atoms with Gasteiger partial charge in [0.2, 0.25) is 0 Å². The molecular weight excluding hydrogens is 320 g/mol. The fourth-order valence-electron chi connectivity index (χ4n) is 2.31. The van der Waals surface area contributed by atoms with Gasteiger partial charge in [0.05, 0.1) is 10.9 Å². The van der Waals surface area contributed by atoms with Crippen LogP contribution in [0.1, 0.15) is 29.0 Å². The van der Waals surface area contributed by atoms with Crippen LogP contribution in [-0.2, 0) is 4.79 Å². The van der Waals surface area contributed by atoms with E-state index in [0.717, 1.165) is 23.6 Å². The molecular formula is C16H15BrO3. The molecule has 2 N–H and O–H groups in total. The maximum absolute atomic E-state index is 10.2. The van der Waals surface area contributed by atoms with Crippen molar-refractivity contribution in [1.82, 2.24) is 0 Å². The molecule has 0 bridgehead atoms. The van der Waals surface area contributed by atoms with Gasteiger partial charge < -0.3 is 10.2 Å². The first-order valence-electron chi connectivity index (χ1n) is 6.22. The minimum Gasteiger partial charge on any atom is -0.481 e. The lowest BCUT2D eigenvalue weighted by molar-refractivity contribution is -0.134. The van der Waals surface area contributed by atoms with E-state index in [1.54, 1.807) is 0 Å². The van der Waals surface area contributed by atoms with Crippen molar-refractivity contribution in [3.63, 3.8) is 0 Å². The maximum atomic E-state index is 10.2. The molecule has 0 amide bonds. The quantitative estimate of drug-likeness (QED) is 0.717. The summed E-state index contributed by atoms with van der Waals surface area (Å²) in [5.41, 5.74) is 4.52. The molecule has 0 saturated heterocycles. The first kappa shape index (κ1) is 14.8. The monoisotopic (exact) mass is 334 g/mol. The SMILES string of the molecule is CC(=O)O.OC1c2ccccc2-c2ccccc2C1Br. The van der Waals surface area contributed by atoms with Crippen molar-refractivity contribution >= 4 is 21.9 Å². The third-order valence-electron chi connectivity index (χ3n) is 3.10. The van der Waals surface area contributed by atoms with Crippen LogP contribution in [-0.4, -0.2) is 16.2 Å². The number of rotatable bonds is 0. The number of carbonyl (C=O) groups is 1. The fourth-order valence-corrected chi connectivity index (χ4v) is 2.99. The second kappa shape index (κ2) is 6.20. The maximum Gasteiger partial charge on any atom is 0.300 e. The molecule has 0 heterocycles. The Balaban J connectivity index is 0.000000328. The average Bonchev–Trinajstić information content (AvgIpc) is 2.44. The molecule has 0 aliphatic heterocycles. The summed E-state index contributed by atoms with van der Waals surface area (Å²) in [4.78, 5) is 8.98. The Morgan fingerprint density at radius 1 is 1.00 bits per heavy atom. The highest BCUT2D eigenvalue weighted by atomic mass is 79.9. The Hall–Kier alpha value is -1.65. The van der Waals surface area contributed by atoms with Crippen molar-refractivity contribution in [3.05, 3.63) is 59.7 Å². The molecule has 0 fully saturated rings. The number of alkyl halides is 1. The molecule has 2 aromatic carbocycles. The number of carboxylic acid groups (broad SMARTS) is 1. The van der Waals surface area contributed by atoms with Crippen LogP contribution in [0.25, 0.3) is 11.1 Å². The van der Waals surface area contributed by atoms with Gasteiger partial charge in [-0.15, -0.1) is 0 Å². The summed E-state index contributed by atoms with van der Waals surface area (Å²) in [6, 6.07) is 16.2. The number of aliphatic hydroxyl groups is 1. The molecule has 20 heavy (non-hydrogen) atoms. The number of hydrogen-bond acceptors (Lipinski definition) is 2. The van der Waals surface area contributed by atoms with E-state index in [1.807, 2.05) is 30.3 Å². The summed E-state index contributed by atoms with van der Waals surface area (Å²) < 4.78 is 0. The van der Waals surface area contributed by atoms with E-state index in [4.69, 9.17) is 9.90 Å². The van der Waals surface area contributed by atoms with E-state index in [2.05, 4.69) is 34.1 Å². The molecule has 0 saturated carbocycles. The Bertz CT molecular complexity index is 571. The van der Waals surface area contributed by atoms with Crippen LogP contribution in [0.4, 0.5) is 0 Å². The summed E-state index contributed by atoms with van der Waals surface area (Å²) in [6.07, 6.45) is -0.467. The number of hydrogen-bond donors (Lipinski definition) is 2. The van der Waals surface area contributed by atoms with E-state index >= 15 is 0 Å². The molecule has 3 nitrogen and oxygen atoms in total. The van der Waals surface area contributed by atoms with Gasteiger partial charge in [-0.3, -0.25) is 4.79 Å². The predicted octanol–water partition coefficient (Wildman–Crippen LogP) is 3.93. The predicted molar refractivity (Wildman–Crippen MR) is 81.8 cm³/mol. The van der Waals surface area contributed by atoms with Crippen molar-refractivity contribution in [2.24, 2.45) is 0 Å². The van der Waals surface area contributed by atoms with Gasteiger partial charge in [0.25, 0.3) is 5.97 Å². The molecule has 104 valence electrons. The van der Waals surface area contributed by atoms with Crippen molar-refractivity contribution in [1.29, 1.82) is 0 Å². The van der Waals surface area contributed by atoms with Gasteiger partial charge >= 0.3 is 0 Å². The Morgan fingerprint density at radius 2 is 1.40 bits per heavy atom. The van der Waals surface area contributed by atoms with Gasteiger partial charge in [0.15, 0.2) is 0 Å². The van der Waals surface area contributed by atoms with Gasteiger partial charge in [-0.25, -0.2) is 0 Å². The van der Waals surface area contributed by atoms with E-state index in [0.29, 0.717) is 0 Å². The second-order valence-corrected chi connectivity index (χ2v) is 5.53. The van der Waals surface area contributed by atoms with E-state index in [1.165, 1.54) is 5.56 Å². The highest BCUT2D eigenvalue weighted by molar-refractivity contribution is 9.09. The highest BCUT2D eigenvalue weighted by Crippen LogP contribution is 2.48. The van der Waals surface area contributed by atoms with Crippen LogP contribution < -0.4 is 0 Å². The second-order valence-electron chi connectivity index (χ2n) is 4.54. The van der Waals surface area contributed by atoms with E-state index in [9.17, 15) is 5.11 Å². The van der Waals surface area contributed by atoms with Crippen LogP contribution >= 0.6 is 15.9 Å². The smallest absolute Gasteiger partial charge is 0.300 e. The summed E-state index contributed by atoms with van der Waals surface area (Å²) in [5, 5.41) is 17.6. The minimum absolute atomic E-state index is 0.0152. The number of fused-ring (bicyclic) bond motifs is 3. The number of carboxylic acids is 1. The van der Waals surface area contributed by atoms with Crippen molar-refractivity contribution < 1.29 is 15.0 Å². The molecule has 2 unspecified atom stereocenters. The lowest BCUT2D eigenvalue weighted by atomic mass is 9.84. The zero-order valence-corrected chi connectivity index (χ0v) is 12.5. The van der Waals surface area contributed by atoms with Crippen molar-refractivity contribution in [2.75, 3.05) is 0 Å². The number of benzene rings is 2. The third-order valence-corrected chi connectivity index (χ3v) is 4.10. The topological polar surface area (TPSA) is 57.5 Å². The summed E-state index contributed by atoms with van der Waals surface area (Å²) in [7, 11) is 0. The fraction of sp³-hybridized carbons (Fsp3) is 0.188. The number of halogens is 1.